The van der Waals surface area contributed by atoms with Crippen LogP contribution in [0.2, 0.25) is 0 Å². The van der Waals surface area contributed by atoms with E-state index in [4.69, 9.17) is 0 Å². The van der Waals surface area contributed by atoms with Crippen molar-refractivity contribution in [3.05, 3.63) is 97.1 Å². The molecule has 10 heteroatoms. The first-order valence-corrected chi connectivity index (χ1v) is 12.0. The van der Waals surface area contributed by atoms with Gasteiger partial charge < -0.3 is 10.3 Å². The Labute approximate surface area is 206 Å². The van der Waals surface area contributed by atoms with Gasteiger partial charge in [0.2, 0.25) is 5.91 Å². The highest BCUT2D eigenvalue weighted by molar-refractivity contribution is 7.99. The highest BCUT2D eigenvalue weighted by Gasteiger charge is 2.18. The van der Waals surface area contributed by atoms with E-state index in [0.29, 0.717) is 16.7 Å². The largest absolute Gasteiger partial charge is 0.325 e. The second kappa shape index (κ2) is 10.1. The molecule has 0 saturated carbocycles. The lowest BCUT2D eigenvalue weighted by Crippen LogP contribution is -2.23. The minimum Gasteiger partial charge on any atom is -0.325 e. The Hall–Kier alpha value is -3.92. The van der Waals surface area contributed by atoms with Crippen molar-refractivity contribution in [1.29, 1.82) is 0 Å². The number of H-pyrrole nitrogens is 2. The molecule has 0 bridgehead atoms. The molecule has 3 N–H and O–H groups in total. The van der Waals surface area contributed by atoms with Crippen LogP contribution in [0.3, 0.4) is 0 Å². The zero-order valence-corrected chi connectivity index (χ0v) is 20.7. The summed E-state index contributed by atoms with van der Waals surface area (Å²) in [5.74, 6) is 0.521. The van der Waals surface area contributed by atoms with Crippen molar-refractivity contribution >= 4 is 23.4 Å². The quantitative estimate of drug-likeness (QED) is 0.342. The smallest absolute Gasteiger partial charge is 0.325 e. The number of aryl methyl sites for hydroxylation is 4. The molecule has 9 nitrogen and oxygen atoms in total. The SMILES string of the molecule is Cc1cccc(-n2c(Cc3cc(=O)[nH]c(=O)[nH]3)nnc2SCC(=O)Nc2c(C)cc(C)cc2C)c1. The van der Waals surface area contributed by atoms with Crippen LogP contribution < -0.4 is 16.6 Å². The summed E-state index contributed by atoms with van der Waals surface area (Å²) < 4.78 is 1.84. The van der Waals surface area contributed by atoms with Gasteiger partial charge in [0.25, 0.3) is 5.56 Å². The molecule has 0 aliphatic carbocycles. The molecular weight excluding hydrogens is 464 g/mol. The van der Waals surface area contributed by atoms with Crippen LogP contribution in [0.5, 0.6) is 0 Å². The van der Waals surface area contributed by atoms with Gasteiger partial charge >= 0.3 is 5.69 Å². The lowest BCUT2D eigenvalue weighted by Gasteiger charge is -2.13. The van der Waals surface area contributed by atoms with Gasteiger partial charge in [-0.25, -0.2) is 4.79 Å². The number of carbonyl (C=O) groups excluding carboxylic acids is 1. The fourth-order valence-electron chi connectivity index (χ4n) is 4.00. The Kier molecular flexibility index (Phi) is 7.02. The Balaban J connectivity index is 1.60. The van der Waals surface area contributed by atoms with E-state index < -0.39 is 11.2 Å². The minimum absolute atomic E-state index is 0.137. The van der Waals surface area contributed by atoms with E-state index in [9.17, 15) is 14.4 Å². The highest BCUT2D eigenvalue weighted by Crippen LogP contribution is 2.25. The van der Waals surface area contributed by atoms with E-state index in [2.05, 4.69) is 25.5 Å². The Bertz CT molecular complexity index is 1470. The molecule has 35 heavy (non-hydrogen) atoms. The molecule has 4 rings (SSSR count). The van der Waals surface area contributed by atoms with Gasteiger partial charge in [0, 0.05) is 29.6 Å². The number of nitrogens with zero attached hydrogens (tertiary/aromatic N) is 3. The first kappa shape index (κ1) is 24.2. The number of carbonyl (C=O) groups is 1. The first-order chi connectivity index (χ1) is 16.7. The maximum atomic E-state index is 12.8. The second-order valence-electron chi connectivity index (χ2n) is 8.47. The van der Waals surface area contributed by atoms with E-state index in [-0.39, 0.29) is 18.1 Å². The first-order valence-electron chi connectivity index (χ1n) is 11.0. The monoisotopic (exact) mass is 490 g/mol. The summed E-state index contributed by atoms with van der Waals surface area (Å²) >= 11 is 1.27. The summed E-state index contributed by atoms with van der Waals surface area (Å²) in [6.07, 6.45) is 0.189. The van der Waals surface area contributed by atoms with Crippen LogP contribution in [0.4, 0.5) is 5.69 Å². The molecule has 1 amide bonds. The standard InChI is InChI=1S/C25H26N6O3S/c1-14-6-5-7-19(10-14)31-20(11-18-12-21(32)28-24(34)26-18)29-30-25(31)35-13-22(33)27-23-16(3)8-15(2)9-17(23)4/h5-10,12H,11,13H2,1-4H3,(H,27,33)(H2,26,28,32,34). The molecule has 4 aromatic rings. The summed E-state index contributed by atoms with van der Waals surface area (Å²) in [5.41, 5.74) is 5.21. The van der Waals surface area contributed by atoms with Gasteiger partial charge in [-0.2, -0.15) is 0 Å². The van der Waals surface area contributed by atoms with Crippen LogP contribution in [0.1, 0.15) is 33.8 Å². The van der Waals surface area contributed by atoms with Gasteiger partial charge in [-0.1, -0.05) is 41.6 Å². The third-order valence-electron chi connectivity index (χ3n) is 5.40. The highest BCUT2D eigenvalue weighted by atomic mass is 32.2. The van der Waals surface area contributed by atoms with Gasteiger partial charge in [0.1, 0.15) is 5.82 Å². The number of rotatable bonds is 7. The van der Waals surface area contributed by atoms with Crippen molar-refractivity contribution < 1.29 is 4.79 Å². The summed E-state index contributed by atoms with van der Waals surface area (Å²) in [6.45, 7) is 7.96. The average molecular weight is 491 g/mol. The molecule has 2 aromatic carbocycles. The van der Waals surface area contributed by atoms with Gasteiger partial charge in [-0.3, -0.25) is 19.1 Å². The maximum Gasteiger partial charge on any atom is 0.325 e. The van der Waals surface area contributed by atoms with Crippen molar-refractivity contribution in [3.8, 4) is 5.69 Å². The Morgan fingerprint density at radius 1 is 0.971 bits per heavy atom. The molecule has 2 aromatic heterocycles. The van der Waals surface area contributed by atoms with Crippen LogP contribution in [-0.2, 0) is 11.2 Å². The number of thioether (sulfide) groups is 1. The molecule has 0 aliphatic heterocycles. The lowest BCUT2D eigenvalue weighted by atomic mass is 10.1. The van der Waals surface area contributed by atoms with Gasteiger partial charge in [-0.15, -0.1) is 10.2 Å². The molecule has 0 atom stereocenters. The lowest BCUT2D eigenvalue weighted by molar-refractivity contribution is -0.113. The molecular formula is C25H26N6O3S. The van der Waals surface area contributed by atoms with Crippen LogP contribution >= 0.6 is 11.8 Å². The van der Waals surface area contributed by atoms with E-state index in [0.717, 1.165) is 33.6 Å². The van der Waals surface area contributed by atoms with E-state index in [1.807, 2.05) is 68.7 Å². The van der Waals surface area contributed by atoms with Crippen LogP contribution in [0.15, 0.2) is 57.2 Å². The maximum absolute atomic E-state index is 12.8. The molecule has 0 unspecified atom stereocenters. The number of aromatic nitrogens is 5. The fourth-order valence-corrected chi connectivity index (χ4v) is 4.77. The van der Waals surface area contributed by atoms with Crippen molar-refractivity contribution in [1.82, 2.24) is 24.7 Å². The van der Waals surface area contributed by atoms with Gasteiger partial charge in [0.15, 0.2) is 5.16 Å². The van der Waals surface area contributed by atoms with Gasteiger partial charge in [-0.05, 0) is 56.5 Å². The molecule has 180 valence electrons. The Morgan fingerprint density at radius 2 is 1.71 bits per heavy atom. The van der Waals surface area contributed by atoms with E-state index in [1.165, 1.54) is 17.8 Å². The van der Waals surface area contributed by atoms with Crippen molar-refractivity contribution in [3.63, 3.8) is 0 Å². The number of aromatic amines is 2. The molecule has 0 saturated heterocycles. The average Bonchev–Trinajstić information content (AvgIpc) is 3.16. The van der Waals surface area contributed by atoms with Gasteiger partial charge in [0.05, 0.1) is 5.75 Å². The van der Waals surface area contributed by atoms with Crippen molar-refractivity contribution in [2.45, 2.75) is 39.3 Å². The topological polar surface area (TPSA) is 126 Å². The van der Waals surface area contributed by atoms with E-state index >= 15 is 0 Å². The minimum atomic E-state index is -0.581. The summed E-state index contributed by atoms with van der Waals surface area (Å²) in [5, 5.41) is 12.2. The summed E-state index contributed by atoms with van der Waals surface area (Å²) in [4.78, 5) is 41.0. The third-order valence-corrected chi connectivity index (χ3v) is 6.33. The molecule has 0 aliphatic rings. The Morgan fingerprint density at radius 3 is 2.40 bits per heavy atom. The zero-order chi connectivity index (χ0) is 25.1. The van der Waals surface area contributed by atoms with Crippen LogP contribution in [0, 0.1) is 27.7 Å². The predicted octanol–water partition coefficient (Wildman–Crippen LogP) is 3.20. The normalized spacial score (nSPS) is 11.0. The van der Waals surface area contributed by atoms with Crippen molar-refractivity contribution in [2.75, 3.05) is 11.1 Å². The zero-order valence-electron chi connectivity index (χ0n) is 19.9. The number of nitrogens with one attached hydrogen (secondary N) is 3. The van der Waals surface area contributed by atoms with Crippen LogP contribution in [0.25, 0.3) is 5.69 Å². The predicted molar refractivity (Wildman–Crippen MR) is 137 cm³/mol. The number of benzene rings is 2. The third kappa shape index (κ3) is 5.78. The number of anilines is 1. The molecule has 2 heterocycles. The fraction of sp³-hybridized carbons (Fsp3) is 0.240. The summed E-state index contributed by atoms with van der Waals surface area (Å²) in [6, 6.07) is 13.2. The number of hydrogen-bond donors (Lipinski definition) is 3. The van der Waals surface area contributed by atoms with E-state index in [1.54, 1.807) is 0 Å². The second-order valence-corrected chi connectivity index (χ2v) is 9.42. The van der Waals surface area contributed by atoms with Crippen molar-refractivity contribution in [2.24, 2.45) is 0 Å². The number of amides is 1. The van der Waals surface area contributed by atoms with Crippen LogP contribution in [-0.4, -0.2) is 36.4 Å². The molecule has 0 spiro atoms. The molecule has 0 radical (unpaired) electrons. The molecule has 0 fully saturated rings. The number of hydrogen-bond acceptors (Lipinski definition) is 6. The summed E-state index contributed by atoms with van der Waals surface area (Å²) in [7, 11) is 0.